The molecule has 1 saturated heterocycles. The second-order valence-electron chi connectivity index (χ2n) is 9.30. The predicted octanol–water partition coefficient (Wildman–Crippen LogP) is 4.12. The maximum Gasteiger partial charge on any atom is 0.172 e. The Bertz CT molecular complexity index is 588. The van der Waals surface area contributed by atoms with Gasteiger partial charge in [0, 0.05) is 24.7 Å². The van der Waals surface area contributed by atoms with Crippen LogP contribution in [0.25, 0.3) is 0 Å². The van der Waals surface area contributed by atoms with Gasteiger partial charge in [0.2, 0.25) is 0 Å². The van der Waals surface area contributed by atoms with Gasteiger partial charge in [-0.25, -0.2) is 0 Å². The molecule has 24 heavy (non-hydrogen) atoms. The van der Waals surface area contributed by atoms with Gasteiger partial charge in [0.15, 0.2) is 5.79 Å². The van der Waals surface area contributed by atoms with E-state index in [0.29, 0.717) is 29.5 Å². The van der Waals surface area contributed by atoms with Crippen LogP contribution in [0, 0.1) is 35.0 Å². The second-order valence-corrected chi connectivity index (χ2v) is 9.30. The Morgan fingerprint density at radius 2 is 1.92 bits per heavy atom. The van der Waals surface area contributed by atoms with Gasteiger partial charge in [-0.2, -0.15) is 0 Å². The lowest BCUT2D eigenvalue weighted by molar-refractivity contribution is -0.177. The van der Waals surface area contributed by atoms with Crippen LogP contribution in [0.15, 0.2) is 11.6 Å². The van der Waals surface area contributed by atoms with Crippen LogP contribution in [0.2, 0.25) is 0 Å². The fourth-order valence-corrected chi connectivity index (χ4v) is 7.18. The van der Waals surface area contributed by atoms with Gasteiger partial charge < -0.3 is 9.47 Å². The number of ether oxygens (including phenoxy) is 2. The monoisotopic (exact) mass is 330 g/mol. The molecule has 1 heterocycles. The first kappa shape index (κ1) is 15.6. The summed E-state index contributed by atoms with van der Waals surface area (Å²) >= 11 is 0. The second kappa shape index (κ2) is 5.17. The molecule has 1 spiro atoms. The summed E-state index contributed by atoms with van der Waals surface area (Å²) in [7, 11) is 0. The molecule has 3 saturated carbocycles. The Kier molecular flexibility index (Phi) is 3.35. The molecule has 0 N–H and O–H groups in total. The lowest BCUT2D eigenvalue weighted by Crippen LogP contribution is -2.50. The van der Waals surface area contributed by atoms with E-state index in [1.165, 1.54) is 12.8 Å². The smallest absolute Gasteiger partial charge is 0.172 e. The van der Waals surface area contributed by atoms with Gasteiger partial charge in [0.1, 0.15) is 5.78 Å². The lowest BCUT2D eigenvalue weighted by atomic mass is 9.50. The molecular formula is C21H30O3. The number of ketones is 1. The van der Waals surface area contributed by atoms with E-state index < -0.39 is 0 Å². The number of rotatable bonds is 0. The molecule has 4 aliphatic carbocycles. The molecule has 0 radical (unpaired) electrons. The molecule has 5 aliphatic rings. The molecule has 3 nitrogen and oxygen atoms in total. The van der Waals surface area contributed by atoms with Crippen molar-refractivity contribution in [3.63, 3.8) is 0 Å². The van der Waals surface area contributed by atoms with Crippen LogP contribution in [0.5, 0.6) is 0 Å². The van der Waals surface area contributed by atoms with Crippen molar-refractivity contribution in [1.82, 2.24) is 0 Å². The lowest BCUT2D eigenvalue weighted by Gasteiger charge is -2.54. The third kappa shape index (κ3) is 2.00. The maximum atomic E-state index is 12.5. The van der Waals surface area contributed by atoms with Crippen molar-refractivity contribution >= 4 is 5.78 Å². The van der Waals surface area contributed by atoms with Crippen LogP contribution < -0.4 is 0 Å². The van der Waals surface area contributed by atoms with Gasteiger partial charge in [-0.05, 0) is 55.3 Å². The van der Waals surface area contributed by atoms with Crippen molar-refractivity contribution in [2.24, 2.45) is 35.0 Å². The van der Waals surface area contributed by atoms with Gasteiger partial charge in [0.05, 0.1) is 13.2 Å². The zero-order valence-electron chi connectivity index (χ0n) is 15.1. The molecule has 0 aromatic rings. The fraction of sp³-hybridized carbons (Fsp3) is 0.857. The van der Waals surface area contributed by atoms with Crippen LogP contribution >= 0.6 is 0 Å². The fourth-order valence-electron chi connectivity index (χ4n) is 7.18. The summed E-state index contributed by atoms with van der Waals surface area (Å²) in [5.74, 6) is 3.65. The maximum absolute atomic E-state index is 12.5. The summed E-state index contributed by atoms with van der Waals surface area (Å²) in [6, 6.07) is 0. The van der Waals surface area contributed by atoms with Gasteiger partial charge in [0.25, 0.3) is 0 Å². The molecule has 5 rings (SSSR count). The van der Waals surface area contributed by atoms with Crippen molar-refractivity contribution in [3.05, 3.63) is 11.6 Å². The van der Waals surface area contributed by atoms with Crippen molar-refractivity contribution in [2.45, 2.75) is 64.6 Å². The number of carbonyl (C=O) groups is 1. The Morgan fingerprint density at radius 3 is 2.71 bits per heavy atom. The molecule has 0 bridgehead atoms. The molecule has 0 aromatic carbocycles. The minimum atomic E-state index is -0.304. The third-order valence-electron chi connectivity index (χ3n) is 8.29. The third-order valence-corrected chi connectivity index (χ3v) is 8.29. The zero-order valence-corrected chi connectivity index (χ0v) is 15.1. The van der Waals surface area contributed by atoms with Gasteiger partial charge in [-0.3, -0.25) is 4.79 Å². The summed E-state index contributed by atoms with van der Waals surface area (Å²) in [6.45, 7) is 6.17. The summed E-state index contributed by atoms with van der Waals surface area (Å²) in [6.07, 6.45) is 10.1. The van der Waals surface area contributed by atoms with E-state index in [0.717, 1.165) is 51.2 Å². The highest BCUT2D eigenvalue weighted by molar-refractivity contribution is 5.87. The minimum absolute atomic E-state index is 0.0195. The van der Waals surface area contributed by atoms with E-state index in [1.54, 1.807) is 5.57 Å². The van der Waals surface area contributed by atoms with E-state index in [9.17, 15) is 4.79 Å². The Hall–Kier alpha value is -0.670. The molecule has 4 fully saturated rings. The molecule has 1 aliphatic heterocycles. The SMILES string of the molecule is C[C@@H]1C=C2CC3(CC[C@@H]2[C@H]2CC[C@]4(C)C(=O)CC[C@H]4[C@@H]21)OCCO3. The quantitative estimate of drug-likeness (QED) is 0.627. The summed E-state index contributed by atoms with van der Waals surface area (Å²) in [5, 5.41) is 0. The zero-order chi connectivity index (χ0) is 16.5. The van der Waals surface area contributed by atoms with Gasteiger partial charge in [-0.1, -0.05) is 25.5 Å². The standard InChI is InChI=1S/C21H30O3/c1-13-11-14-12-21(23-9-10-24-21)8-6-15(14)16-5-7-20(2)17(19(13)16)3-4-18(20)22/h11,13,15-17,19H,3-10,12H2,1-2H3/t13-,15+,16-,17+,19-,20+/m1/s1. The first-order valence-electron chi connectivity index (χ1n) is 10.0. The largest absolute Gasteiger partial charge is 0.347 e. The van der Waals surface area contributed by atoms with Gasteiger partial charge >= 0.3 is 0 Å². The van der Waals surface area contributed by atoms with Crippen LogP contribution in [0.1, 0.15) is 58.8 Å². The van der Waals surface area contributed by atoms with E-state index in [-0.39, 0.29) is 11.2 Å². The summed E-state index contributed by atoms with van der Waals surface area (Å²) < 4.78 is 12.0. The van der Waals surface area contributed by atoms with E-state index in [4.69, 9.17) is 9.47 Å². The highest BCUT2D eigenvalue weighted by Crippen LogP contribution is 2.62. The van der Waals surface area contributed by atoms with Crippen molar-refractivity contribution < 1.29 is 14.3 Å². The van der Waals surface area contributed by atoms with Crippen molar-refractivity contribution in [3.8, 4) is 0 Å². The van der Waals surface area contributed by atoms with Crippen molar-refractivity contribution in [2.75, 3.05) is 13.2 Å². The van der Waals surface area contributed by atoms with Gasteiger partial charge in [-0.15, -0.1) is 0 Å². The normalized spacial score (nSPS) is 49.5. The molecule has 3 heteroatoms. The topological polar surface area (TPSA) is 35.5 Å². The van der Waals surface area contributed by atoms with Crippen molar-refractivity contribution in [1.29, 1.82) is 0 Å². The van der Waals surface area contributed by atoms with Crippen LogP contribution in [-0.2, 0) is 14.3 Å². The Morgan fingerprint density at radius 1 is 1.12 bits per heavy atom. The van der Waals surface area contributed by atoms with E-state index in [2.05, 4.69) is 19.9 Å². The summed E-state index contributed by atoms with van der Waals surface area (Å²) in [4.78, 5) is 12.5. The van der Waals surface area contributed by atoms with Crippen LogP contribution in [0.4, 0.5) is 0 Å². The molecule has 0 unspecified atom stereocenters. The number of fused-ring (bicyclic) bond motifs is 5. The first-order valence-corrected chi connectivity index (χ1v) is 10.0. The van der Waals surface area contributed by atoms with E-state index in [1.807, 2.05) is 0 Å². The molecule has 0 aromatic heterocycles. The number of hydrogen-bond acceptors (Lipinski definition) is 3. The number of carbonyl (C=O) groups excluding carboxylic acids is 1. The van der Waals surface area contributed by atoms with Crippen LogP contribution in [0.3, 0.4) is 0 Å². The Balaban J connectivity index is 1.46. The highest BCUT2D eigenvalue weighted by Gasteiger charge is 2.58. The summed E-state index contributed by atoms with van der Waals surface area (Å²) in [5.41, 5.74) is 1.58. The van der Waals surface area contributed by atoms with E-state index >= 15 is 0 Å². The number of Topliss-reactive ketones (excluding diaryl/α,β-unsaturated/α-hetero) is 1. The molecule has 0 amide bonds. The average molecular weight is 330 g/mol. The average Bonchev–Trinajstić information content (AvgIpc) is 3.12. The minimum Gasteiger partial charge on any atom is -0.347 e. The molecule has 132 valence electrons. The molecule has 6 atom stereocenters. The Labute approximate surface area is 145 Å². The highest BCUT2D eigenvalue weighted by atomic mass is 16.7. The van der Waals surface area contributed by atoms with Crippen LogP contribution in [-0.4, -0.2) is 24.8 Å². The predicted molar refractivity (Wildman–Crippen MR) is 91.3 cm³/mol. The first-order chi connectivity index (χ1) is 11.5. The number of hydrogen-bond donors (Lipinski definition) is 0. The molecular weight excluding hydrogens is 300 g/mol. The number of allylic oxidation sites excluding steroid dienone is 1.